The molecule has 5 nitrogen and oxygen atoms in total. The van der Waals surface area contributed by atoms with Crippen LogP contribution < -0.4 is 10.6 Å². The van der Waals surface area contributed by atoms with Crippen molar-refractivity contribution in [3.63, 3.8) is 0 Å². The minimum absolute atomic E-state index is 0. The van der Waals surface area contributed by atoms with E-state index in [2.05, 4.69) is 22.8 Å². The van der Waals surface area contributed by atoms with Gasteiger partial charge in [0.05, 0.1) is 0 Å². The first-order chi connectivity index (χ1) is 11.5. The summed E-state index contributed by atoms with van der Waals surface area (Å²) < 4.78 is 0. The van der Waals surface area contributed by atoms with E-state index in [0.29, 0.717) is 17.7 Å². The van der Waals surface area contributed by atoms with Crippen molar-refractivity contribution >= 4 is 24.2 Å². The molecule has 1 aliphatic heterocycles. The molecule has 0 fully saturated rings. The van der Waals surface area contributed by atoms with Gasteiger partial charge < -0.3 is 15.5 Å². The molecule has 0 spiro atoms. The van der Waals surface area contributed by atoms with Gasteiger partial charge in [0.2, 0.25) is 0 Å². The van der Waals surface area contributed by atoms with E-state index in [1.807, 2.05) is 6.07 Å². The minimum atomic E-state index is -0.141. The lowest BCUT2D eigenvalue weighted by Crippen LogP contribution is -2.24. The number of hydrogen-bond donors (Lipinski definition) is 2. The zero-order valence-electron chi connectivity index (χ0n) is 14.3. The molecule has 0 aliphatic carbocycles. The van der Waals surface area contributed by atoms with Crippen molar-refractivity contribution in [2.24, 2.45) is 0 Å². The number of nitrogens with zero attached hydrogens (tertiary/aromatic N) is 1. The predicted octanol–water partition coefficient (Wildman–Crippen LogP) is 2.34. The lowest BCUT2D eigenvalue weighted by molar-refractivity contribution is 0.0826. The van der Waals surface area contributed by atoms with E-state index in [1.54, 1.807) is 38.4 Å². The number of carbonyl (C=O) groups is 2. The number of nitrogens with one attached hydrogen (secondary N) is 2. The Kier molecular flexibility index (Phi) is 6.17. The highest BCUT2D eigenvalue weighted by Gasteiger charge is 2.12. The van der Waals surface area contributed by atoms with Crippen molar-refractivity contribution in [3.8, 4) is 0 Å². The second-order valence-corrected chi connectivity index (χ2v) is 6.17. The SMILES string of the molecule is CN(C)C(=O)c1ccc(C(=O)NCc2ccc3c(c2)CNC3)cc1.Cl. The quantitative estimate of drug-likeness (QED) is 0.880. The van der Waals surface area contributed by atoms with Crippen LogP contribution in [0.1, 0.15) is 37.4 Å². The number of amides is 2. The van der Waals surface area contributed by atoms with Crippen LogP contribution in [0.4, 0.5) is 0 Å². The molecule has 3 rings (SSSR count). The lowest BCUT2D eigenvalue weighted by atomic mass is 10.1. The van der Waals surface area contributed by atoms with Gasteiger partial charge in [0.1, 0.15) is 0 Å². The summed E-state index contributed by atoms with van der Waals surface area (Å²) in [5, 5.41) is 6.23. The van der Waals surface area contributed by atoms with Gasteiger partial charge >= 0.3 is 0 Å². The summed E-state index contributed by atoms with van der Waals surface area (Å²) in [6.07, 6.45) is 0. The zero-order valence-corrected chi connectivity index (χ0v) is 15.2. The summed E-state index contributed by atoms with van der Waals surface area (Å²) in [4.78, 5) is 25.6. The minimum Gasteiger partial charge on any atom is -0.348 e. The van der Waals surface area contributed by atoms with Gasteiger partial charge in [-0.25, -0.2) is 0 Å². The molecule has 0 atom stereocenters. The second-order valence-electron chi connectivity index (χ2n) is 6.17. The summed E-state index contributed by atoms with van der Waals surface area (Å²) >= 11 is 0. The maximum Gasteiger partial charge on any atom is 0.253 e. The first-order valence-electron chi connectivity index (χ1n) is 7.96. The fourth-order valence-corrected chi connectivity index (χ4v) is 2.76. The Labute approximate surface area is 153 Å². The molecule has 2 amide bonds. The summed E-state index contributed by atoms with van der Waals surface area (Å²) in [7, 11) is 3.41. The van der Waals surface area contributed by atoms with E-state index in [1.165, 1.54) is 16.0 Å². The molecule has 0 saturated carbocycles. The monoisotopic (exact) mass is 359 g/mol. The molecule has 0 bridgehead atoms. The van der Waals surface area contributed by atoms with Crippen molar-refractivity contribution in [2.45, 2.75) is 19.6 Å². The van der Waals surface area contributed by atoms with E-state index >= 15 is 0 Å². The van der Waals surface area contributed by atoms with Crippen LogP contribution >= 0.6 is 12.4 Å². The first-order valence-corrected chi connectivity index (χ1v) is 7.96. The maximum absolute atomic E-state index is 12.2. The first kappa shape index (κ1) is 19.0. The number of fused-ring (bicyclic) bond motifs is 1. The molecular weight excluding hydrogens is 338 g/mol. The Bertz CT molecular complexity index is 773. The molecule has 0 aromatic heterocycles. The lowest BCUT2D eigenvalue weighted by Gasteiger charge is -2.11. The molecule has 0 unspecified atom stereocenters. The molecule has 1 heterocycles. The molecule has 25 heavy (non-hydrogen) atoms. The van der Waals surface area contributed by atoms with E-state index < -0.39 is 0 Å². The molecule has 132 valence electrons. The third kappa shape index (κ3) is 4.38. The topological polar surface area (TPSA) is 61.4 Å². The molecule has 2 aromatic carbocycles. The van der Waals surface area contributed by atoms with Crippen molar-refractivity contribution in [1.82, 2.24) is 15.5 Å². The highest BCUT2D eigenvalue weighted by molar-refractivity contribution is 5.97. The van der Waals surface area contributed by atoms with Crippen LogP contribution in [0.15, 0.2) is 42.5 Å². The van der Waals surface area contributed by atoms with E-state index in [4.69, 9.17) is 0 Å². The van der Waals surface area contributed by atoms with Gasteiger partial charge in [0, 0.05) is 44.9 Å². The number of rotatable bonds is 4. The van der Waals surface area contributed by atoms with Crippen LogP contribution in [0.3, 0.4) is 0 Å². The van der Waals surface area contributed by atoms with E-state index in [0.717, 1.165) is 18.7 Å². The number of benzene rings is 2. The number of halogens is 1. The fourth-order valence-electron chi connectivity index (χ4n) is 2.76. The van der Waals surface area contributed by atoms with Gasteiger partial charge in [0.25, 0.3) is 11.8 Å². The van der Waals surface area contributed by atoms with Crippen LogP contribution in [0, 0.1) is 0 Å². The average molecular weight is 360 g/mol. The third-order valence-electron chi connectivity index (χ3n) is 4.15. The van der Waals surface area contributed by atoms with Crippen LogP contribution in [0.25, 0.3) is 0 Å². The predicted molar refractivity (Wildman–Crippen MR) is 99.9 cm³/mol. The van der Waals surface area contributed by atoms with Gasteiger partial charge in [-0.3, -0.25) is 9.59 Å². The van der Waals surface area contributed by atoms with Gasteiger partial charge in [-0.1, -0.05) is 18.2 Å². The molecule has 1 aliphatic rings. The third-order valence-corrected chi connectivity index (χ3v) is 4.15. The van der Waals surface area contributed by atoms with E-state index in [-0.39, 0.29) is 24.2 Å². The Morgan fingerprint density at radius 2 is 1.64 bits per heavy atom. The smallest absolute Gasteiger partial charge is 0.253 e. The maximum atomic E-state index is 12.2. The largest absolute Gasteiger partial charge is 0.348 e. The highest BCUT2D eigenvalue weighted by atomic mass is 35.5. The van der Waals surface area contributed by atoms with Crippen LogP contribution in [0.5, 0.6) is 0 Å². The van der Waals surface area contributed by atoms with Gasteiger partial charge in [-0.2, -0.15) is 0 Å². The van der Waals surface area contributed by atoms with Crippen molar-refractivity contribution in [1.29, 1.82) is 0 Å². The van der Waals surface area contributed by atoms with Crippen LogP contribution in [0.2, 0.25) is 0 Å². The number of hydrogen-bond acceptors (Lipinski definition) is 3. The number of carbonyl (C=O) groups excluding carboxylic acids is 2. The Hall–Kier alpha value is -2.37. The molecule has 0 saturated heterocycles. The molecular formula is C19H22ClN3O2. The highest BCUT2D eigenvalue weighted by Crippen LogP contribution is 2.17. The summed E-state index contributed by atoms with van der Waals surface area (Å²) in [5.41, 5.74) is 4.83. The summed E-state index contributed by atoms with van der Waals surface area (Å²) in [5.74, 6) is -0.216. The summed E-state index contributed by atoms with van der Waals surface area (Å²) in [6.45, 7) is 2.29. The summed E-state index contributed by atoms with van der Waals surface area (Å²) in [6, 6.07) is 13.0. The molecule has 0 radical (unpaired) electrons. The van der Waals surface area contributed by atoms with Crippen molar-refractivity contribution < 1.29 is 9.59 Å². The fraction of sp³-hybridized carbons (Fsp3) is 0.263. The molecule has 2 aromatic rings. The van der Waals surface area contributed by atoms with Gasteiger partial charge in [0.15, 0.2) is 0 Å². The van der Waals surface area contributed by atoms with Gasteiger partial charge in [-0.15, -0.1) is 12.4 Å². The zero-order chi connectivity index (χ0) is 17.1. The van der Waals surface area contributed by atoms with Crippen molar-refractivity contribution in [3.05, 3.63) is 70.3 Å². The Morgan fingerprint density at radius 3 is 2.32 bits per heavy atom. The molecule has 2 N–H and O–H groups in total. The van der Waals surface area contributed by atoms with Crippen LogP contribution in [-0.2, 0) is 19.6 Å². The Morgan fingerprint density at radius 1 is 1.00 bits per heavy atom. The second kappa shape index (κ2) is 8.14. The van der Waals surface area contributed by atoms with Crippen molar-refractivity contribution in [2.75, 3.05) is 14.1 Å². The molecule has 6 heteroatoms. The van der Waals surface area contributed by atoms with Gasteiger partial charge in [-0.05, 0) is 41.0 Å². The van der Waals surface area contributed by atoms with Crippen LogP contribution in [-0.4, -0.2) is 30.8 Å². The average Bonchev–Trinajstić information content (AvgIpc) is 3.06. The Balaban J connectivity index is 0.00000225. The normalized spacial score (nSPS) is 12.1. The van der Waals surface area contributed by atoms with E-state index in [9.17, 15) is 9.59 Å². The standard InChI is InChI=1S/C19H21N3O2.ClH/c1-22(2)19(24)15-7-5-14(6-8-15)18(23)21-10-13-3-4-16-11-20-12-17(16)9-13;/h3-9,20H,10-12H2,1-2H3,(H,21,23);1H.